The van der Waals surface area contributed by atoms with Gasteiger partial charge in [-0.25, -0.2) is 4.79 Å². The second-order valence-corrected chi connectivity index (χ2v) is 4.04. The van der Waals surface area contributed by atoms with Crippen molar-refractivity contribution in [3.05, 3.63) is 64.4 Å². The number of halogens is 1. The Morgan fingerprint density at radius 1 is 1.29 bits per heavy atom. The fraction of sp³-hybridized carbons (Fsp3) is 0.0769. The van der Waals surface area contributed by atoms with Gasteiger partial charge in [0, 0.05) is 23.3 Å². The van der Waals surface area contributed by atoms with Crippen molar-refractivity contribution in [3.63, 3.8) is 0 Å². The summed E-state index contributed by atoms with van der Waals surface area (Å²) < 4.78 is 0. The van der Waals surface area contributed by atoms with Crippen molar-refractivity contribution >= 4 is 17.6 Å². The largest absolute Gasteiger partial charge is 0.478 e. The van der Waals surface area contributed by atoms with Crippen LogP contribution in [0.15, 0.2) is 42.6 Å². The Hall–Kier alpha value is -1.87. The maximum Gasteiger partial charge on any atom is 0.336 e. The van der Waals surface area contributed by atoms with Gasteiger partial charge in [-0.15, -0.1) is 0 Å². The van der Waals surface area contributed by atoms with Crippen LogP contribution in [0.4, 0.5) is 0 Å². The SMILES string of the molecule is O=C(O)c1cc(Cl)ccc1Cc1ccccn1. The molecule has 4 heteroatoms. The minimum atomic E-state index is -0.974. The fourth-order valence-corrected chi connectivity index (χ4v) is 1.77. The molecule has 0 radical (unpaired) electrons. The number of hydrogen-bond acceptors (Lipinski definition) is 2. The van der Waals surface area contributed by atoms with Gasteiger partial charge in [0.15, 0.2) is 0 Å². The summed E-state index contributed by atoms with van der Waals surface area (Å²) in [5.41, 5.74) is 1.76. The number of benzene rings is 1. The summed E-state index contributed by atoms with van der Waals surface area (Å²) in [5.74, 6) is -0.974. The quantitative estimate of drug-likeness (QED) is 0.907. The van der Waals surface area contributed by atoms with Crippen LogP contribution in [0.25, 0.3) is 0 Å². The van der Waals surface area contributed by atoms with E-state index in [0.29, 0.717) is 17.0 Å². The molecule has 3 nitrogen and oxygen atoms in total. The molecule has 0 bridgehead atoms. The van der Waals surface area contributed by atoms with Crippen LogP contribution < -0.4 is 0 Å². The molecular weight excluding hydrogens is 238 g/mol. The first-order chi connectivity index (χ1) is 8.16. The lowest BCUT2D eigenvalue weighted by molar-refractivity contribution is 0.0696. The maximum atomic E-state index is 11.1. The number of nitrogens with zero attached hydrogens (tertiary/aromatic N) is 1. The predicted molar refractivity (Wildman–Crippen MR) is 65.5 cm³/mol. The first-order valence-electron chi connectivity index (χ1n) is 5.08. The van der Waals surface area contributed by atoms with Crippen LogP contribution in [0.3, 0.4) is 0 Å². The van der Waals surface area contributed by atoms with Crippen LogP contribution in [-0.2, 0) is 6.42 Å². The molecule has 0 aliphatic rings. The summed E-state index contributed by atoms with van der Waals surface area (Å²) >= 11 is 5.78. The molecule has 1 aromatic carbocycles. The van der Waals surface area contributed by atoms with Crippen molar-refractivity contribution < 1.29 is 9.90 Å². The molecule has 1 aromatic heterocycles. The smallest absolute Gasteiger partial charge is 0.336 e. The topological polar surface area (TPSA) is 50.2 Å². The van der Waals surface area contributed by atoms with Gasteiger partial charge in [-0.05, 0) is 29.8 Å². The molecule has 0 aliphatic heterocycles. The molecule has 1 N–H and O–H groups in total. The monoisotopic (exact) mass is 247 g/mol. The zero-order chi connectivity index (χ0) is 12.3. The first kappa shape index (κ1) is 11.6. The minimum Gasteiger partial charge on any atom is -0.478 e. The Balaban J connectivity index is 2.36. The second-order valence-electron chi connectivity index (χ2n) is 3.60. The van der Waals surface area contributed by atoms with Crippen LogP contribution in [0, 0.1) is 0 Å². The van der Waals surface area contributed by atoms with Crippen LogP contribution in [-0.4, -0.2) is 16.1 Å². The average molecular weight is 248 g/mol. The van der Waals surface area contributed by atoms with Crippen molar-refractivity contribution in [1.29, 1.82) is 0 Å². The van der Waals surface area contributed by atoms with Crippen LogP contribution in [0.5, 0.6) is 0 Å². The van der Waals surface area contributed by atoms with E-state index < -0.39 is 5.97 Å². The van der Waals surface area contributed by atoms with Crippen molar-refractivity contribution in [2.75, 3.05) is 0 Å². The fourth-order valence-electron chi connectivity index (χ4n) is 1.60. The lowest BCUT2D eigenvalue weighted by Gasteiger charge is -2.06. The molecule has 2 aromatic rings. The Bertz CT molecular complexity index is 540. The normalized spacial score (nSPS) is 10.2. The predicted octanol–water partition coefficient (Wildman–Crippen LogP) is 3.02. The van der Waals surface area contributed by atoms with Gasteiger partial charge in [0.05, 0.1) is 5.56 Å². The first-order valence-corrected chi connectivity index (χ1v) is 5.46. The molecule has 0 amide bonds. The zero-order valence-electron chi connectivity index (χ0n) is 8.93. The summed E-state index contributed by atoms with van der Waals surface area (Å²) in [7, 11) is 0. The molecule has 0 spiro atoms. The highest BCUT2D eigenvalue weighted by molar-refractivity contribution is 6.30. The van der Waals surface area contributed by atoms with Crippen molar-refractivity contribution in [2.24, 2.45) is 0 Å². The van der Waals surface area contributed by atoms with E-state index in [-0.39, 0.29) is 5.56 Å². The Kier molecular flexibility index (Phi) is 3.40. The summed E-state index contributed by atoms with van der Waals surface area (Å²) in [6.45, 7) is 0. The number of aromatic nitrogens is 1. The molecule has 1 heterocycles. The van der Waals surface area contributed by atoms with Gasteiger partial charge in [0.25, 0.3) is 0 Å². The second kappa shape index (κ2) is 4.97. The van der Waals surface area contributed by atoms with Gasteiger partial charge in [-0.3, -0.25) is 4.98 Å². The van der Waals surface area contributed by atoms with E-state index in [4.69, 9.17) is 16.7 Å². The van der Waals surface area contributed by atoms with E-state index in [9.17, 15) is 4.79 Å². The van der Waals surface area contributed by atoms with E-state index in [1.807, 2.05) is 18.2 Å². The van der Waals surface area contributed by atoms with E-state index >= 15 is 0 Å². The molecule has 0 aliphatic carbocycles. The van der Waals surface area contributed by atoms with Gasteiger partial charge in [-0.2, -0.15) is 0 Å². The number of carboxylic acid groups (broad SMARTS) is 1. The summed E-state index contributed by atoms with van der Waals surface area (Å²) in [4.78, 5) is 15.3. The summed E-state index contributed by atoms with van der Waals surface area (Å²) in [5, 5.41) is 9.51. The highest BCUT2D eigenvalue weighted by atomic mass is 35.5. The van der Waals surface area contributed by atoms with Gasteiger partial charge in [0.1, 0.15) is 0 Å². The van der Waals surface area contributed by atoms with Gasteiger partial charge in [-0.1, -0.05) is 23.7 Å². The third-order valence-electron chi connectivity index (χ3n) is 2.40. The van der Waals surface area contributed by atoms with Gasteiger partial charge >= 0.3 is 5.97 Å². The molecular formula is C13H10ClNO2. The van der Waals surface area contributed by atoms with Gasteiger partial charge < -0.3 is 5.11 Å². The number of aromatic carboxylic acids is 1. The van der Waals surface area contributed by atoms with Crippen LogP contribution in [0.1, 0.15) is 21.6 Å². The third-order valence-corrected chi connectivity index (χ3v) is 2.64. The standard InChI is InChI=1S/C13H10ClNO2/c14-10-5-4-9(12(8-10)13(16)17)7-11-3-1-2-6-15-11/h1-6,8H,7H2,(H,16,17). The van der Waals surface area contributed by atoms with Gasteiger partial charge in [0.2, 0.25) is 0 Å². The van der Waals surface area contributed by atoms with Crippen molar-refractivity contribution in [1.82, 2.24) is 4.98 Å². The highest BCUT2D eigenvalue weighted by Crippen LogP contribution is 2.18. The van der Waals surface area contributed by atoms with Crippen molar-refractivity contribution in [2.45, 2.75) is 6.42 Å². The minimum absolute atomic E-state index is 0.225. The summed E-state index contributed by atoms with van der Waals surface area (Å²) in [6.07, 6.45) is 2.17. The number of carboxylic acids is 1. The Morgan fingerprint density at radius 3 is 2.76 bits per heavy atom. The molecule has 17 heavy (non-hydrogen) atoms. The molecule has 0 atom stereocenters. The molecule has 0 saturated heterocycles. The maximum absolute atomic E-state index is 11.1. The average Bonchev–Trinajstić information content (AvgIpc) is 2.32. The number of carbonyl (C=O) groups is 1. The Labute approximate surface area is 104 Å². The van der Waals surface area contributed by atoms with E-state index in [0.717, 1.165) is 5.69 Å². The Morgan fingerprint density at radius 2 is 2.12 bits per heavy atom. The van der Waals surface area contributed by atoms with E-state index in [1.165, 1.54) is 6.07 Å². The molecule has 0 fully saturated rings. The highest BCUT2D eigenvalue weighted by Gasteiger charge is 2.11. The molecule has 0 unspecified atom stereocenters. The lowest BCUT2D eigenvalue weighted by Crippen LogP contribution is -2.03. The third kappa shape index (κ3) is 2.82. The van der Waals surface area contributed by atoms with E-state index in [1.54, 1.807) is 18.3 Å². The van der Waals surface area contributed by atoms with Crippen LogP contribution >= 0.6 is 11.6 Å². The van der Waals surface area contributed by atoms with E-state index in [2.05, 4.69) is 4.98 Å². The lowest BCUT2D eigenvalue weighted by atomic mass is 10.0. The summed E-state index contributed by atoms with van der Waals surface area (Å²) in [6, 6.07) is 10.4. The molecule has 86 valence electrons. The molecule has 0 saturated carbocycles. The number of hydrogen-bond donors (Lipinski definition) is 1. The number of pyridine rings is 1. The van der Waals surface area contributed by atoms with Crippen LogP contribution in [0.2, 0.25) is 5.02 Å². The zero-order valence-corrected chi connectivity index (χ0v) is 9.69. The number of rotatable bonds is 3. The van der Waals surface area contributed by atoms with Crippen molar-refractivity contribution in [3.8, 4) is 0 Å². The molecule has 2 rings (SSSR count).